The quantitative estimate of drug-likeness (QED) is 0.283. The molecule has 0 aliphatic heterocycles. The highest BCUT2D eigenvalue weighted by Gasteiger charge is 2.11. The zero-order valence-electron chi connectivity index (χ0n) is 15.8. The summed E-state index contributed by atoms with van der Waals surface area (Å²) in [5.74, 6) is -1.01. The molecule has 0 aliphatic rings. The first-order chi connectivity index (χ1) is 14.2. The van der Waals surface area contributed by atoms with Gasteiger partial charge in [-0.25, -0.2) is 5.43 Å². The topological polar surface area (TPSA) is 79.8 Å². The molecule has 3 aromatic carbocycles. The molecular formula is C23H21N3O3. The largest absolute Gasteiger partial charge is 0.488 e. The average molecular weight is 387 g/mol. The third-order valence-electron chi connectivity index (χ3n) is 4.17. The number of nitrogens with one attached hydrogen (secondary N) is 2. The Balaban J connectivity index is 1.67. The zero-order valence-corrected chi connectivity index (χ0v) is 15.8. The molecule has 0 fully saturated rings. The van der Waals surface area contributed by atoms with Crippen molar-refractivity contribution in [1.82, 2.24) is 10.7 Å². The van der Waals surface area contributed by atoms with E-state index in [9.17, 15) is 9.59 Å². The number of hydrogen-bond donors (Lipinski definition) is 2. The Morgan fingerprint density at radius 3 is 2.59 bits per heavy atom. The Labute approximate surface area is 168 Å². The first kappa shape index (κ1) is 19.8. The zero-order chi connectivity index (χ0) is 20.5. The second-order valence-corrected chi connectivity index (χ2v) is 6.16. The van der Waals surface area contributed by atoms with Gasteiger partial charge in [0.25, 0.3) is 0 Å². The Morgan fingerprint density at radius 1 is 0.966 bits per heavy atom. The number of fused-ring (bicyclic) bond motifs is 1. The van der Waals surface area contributed by atoms with Gasteiger partial charge in [-0.05, 0) is 28.5 Å². The molecule has 0 aliphatic carbocycles. The first-order valence-corrected chi connectivity index (χ1v) is 9.09. The molecule has 146 valence electrons. The maximum atomic E-state index is 11.7. The molecule has 0 unspecified atom stereocenters. The van der Waals surface area contributed by atoms with Crippen LogP contribution in [0.25, 0.3) is 10.8 Å². The van der Waals surface area contributed by atoms with Crippen LogP contribution in [0.2, 0.25) is 0 Å². The van der Waals surface area contributed by atoms with E-state index in [0.29, 0.717) is 17.9 Å². The predicted molar refractivity (Wildman–Crippen MR) is 114 cm³/mol. The lowest BCUT2D eigenvalue weighted by Crippen LogP contribution is -2.37. The van der Waals surface area contributed by atoms with Crippen molar-refractivity contribution in [3.05, 3.63) is 90.5 Å². The average Bonchev–Trinajstić information content (AvgIpc) is 2.76. The van der Waals surface area contributed by atoms with Crippen molar-refractivity contribution in [2.45, 2.75) is 6.61 Å². The molecule has 0 aromatic heterocycles. The number of para-hydroxylation sites is 1. The highest BCUT2D eigenvalue weighted by atomic mass is 16.5. The smallest absolute Gasteiger partial charge is 0.329 e. The van der Waals surface area contributed by atoms with Gasteiger partial charge in [-0.1, -0.05) is 60.7 Å². The number of nitrogens with zero attached hydrogens (tertiary/aromatic N) is 1. The fraction of sp³-hybridized carbons (Fsp3) is 0.0870. The number of amides is 2. The number of hydrogen-bond acceptors (Lipinski definition) is 4. The fourth-order valence-corrected chi connectivity index (χ4v) is 2.75. The van der Waals surface area contributed by atoms with Crippen molar-refractivity contribution in [2.75, 3.05) is 6.54 Å². The molecule has 2 N–H and O–H groups in total. The van der Waals surface area contributed by atoms with Gasteiger partial charge >= 0.3 is 11.8 Å². The van der Waals surface area contributed by atoms with Gasteiger partial charge in [0.2, 0.25) is 0 Å². The molecule has 0 saturated heterocycles. The normalized spacial score (nSPS) is 10.6. The van der Waals surface area contributed by atoms with E-state index in [0.717, 1.165) is 16.3 Å². The number of rotatable bonds is 7. The summed E-state index contributed by atoms with van der Waals surface area (Å²) in [6.07, 6.45) is 2.93. The highest BCUT2D eigenvalue weighted by Crippen LogP contribution is 2.22. The van der Waals surface area contributed by atoms with Crippen LogP contribution in [-0.2, 0) is 16.2 Å². The minimum absolute atomic E-state index is 0.209. The van der Waals surface area contributed by atoms with Gasteiger partial charge in [0.05, 0.1) is 6.21 Å². The third kappa shape index (κ3) is 5.29. The molecule has 0 saturated carbocycles. The van der Waals surface area contributed by atoms with Crippen molar-refractivity contribution in [1.29, 1.82) is 0 Å². The van der Waals surface area contributed by atoms with E-state index in [1.54, 1.807) is 0 Å². The van der Waals surface area contributed by atoms with Crippen LogP contribution in [0.3, 0.4) is 0 Å². The van der Waals surface area contributed by atoms with E-state index < -0.39 is 11.8 Å². The summed E-state index contributed by atoms with van der Waals surface area (Å²) in [6, 6.07) is 21.6. The Hall–Kier alpha value is -3.93. The van der Waals surface area contributed by atoms with Gasteiger partial charge in [-0.2, -0.15) is 5.10 Å². The summed E-state index contributed by atoms with van der Waals surface area (Å²) in [5.41, 5.74) is 3.95. The van der Waals surface area contributed by atoms with E-state index in [2.05, 4.69) is 40.6 Å². The number of carbonyl (C=O) groups is 2. The molecule has 3 aromatic rings. The van der Waals surface area contributed by atoms with E-state index in [1.807, 2.05) is 48.5 Å². The van der Waals surface area contributed by atoms with Crippen molar-refractivity contribution < 1.29 is 14.3 Å². The van der Waals surface area contributed by atoms with Crippen LogP contribution in [0.15, 0.2) is 84.5 Å². The molecule has 3 rings (SSSR count). The summed E-state index contributed by atoms with van der Waals surface area (Å²) in [6.45, 7) is 4.07. The van der Waals surface area contributed by atoms with E-state index in [-0.39, 0.29) is 6.54 Å². The van der Waals surface area contributed by atoms with Crippen LogP contribution in [0, 0.1) is 0 Å². The van der Waals surface area contributed by atoms with Crippen molar-refractivity contribution in [3.63, 3.8) is 0 Å². The highest BCUT2D eigenvalue weighted by molar-refractivity contribution is 6.35. The number of ether oxygens (including phenoxy) is 1. The Kier molecular flexibility index (Phi) is 6.73. The first-order valence-electron chi connectivity index (χ1n) is 9.09. The summed E-state index contributed by atoms with van der Waals surface area (Å²) in [5, 5.41) is 8.51. The van der Waals surface area contributed by atoms with Crippen LogP contribution < -0.4 is 15.5 Å². The minimum atomic E-state index is -0.850. The summed E-state index contributed by atoms with van der Waals surface area (Å²) in [4.78, 5) is 23.2. The molecule has 2 amide bonds. The lowest BCUT2D eigenvalue weighted by Gasteiger charge is -2.11. The molecular weight excluding hydrogens is 366 g/mol. The molecule has 0 bridgehead atoms. The Bertz CT molecular complexity index is 1050. The van der Waals surface area contributed by atoms with E-state index in [4.69, 9.17) is 4.74 Å². The predicted octanol–water partition coefficient (Wildman–Crippen LogP) is 3.17. The number of hydrazone groups is 1. The second kappa shape index (κ2) is 9.85. The standard InChI is InChI=1S/C23H21N3O3/c1-2-14-24-22(27)23(28)26-25-15-18-9-4-6-13-21(18)29-16-19-11-7-10-17-8-3-5-12-20(17)19/h2-13,15H,1,14,16H2,(H,24,27)(H,26,28)/b25-15-. The monoisotopic (exact) mass is 387 g/mol. The fourth-order valence-electron chi connectivity index (χ4n) is 2.75. The maximum Gasteiger partial charge on any atom is 0.329 e. The Morgan fingerprint density at radius 2 is 1.72 bits per heavy atom. The summed E-state index contributed by atoms with van der Waals surface area (Å²) >= 11 is 0. The van der Waals surface area contributed by atoms with Gasteiger partial charge in [-0.3, -0.25) is 9.59 Å². The molecule has 0 heterocycles. The van der Waals surface area contributed by atoms with Crippen molar-refractivity contribution in [3.8, 4) is 5.75 Å². The molecule has 0 spiro atoms. The van der Waals surface area contributed by atoms with Crippen LogP contribution in [0.1, 0.15) is 11.1 Å². The van der Waals surface area contributed by atoms with Crippen LogP contribution >= 0.6 is 0 Å². The molecule has 0 atom stereocenters. The minimum Gasteiger partial charge on any atom is -0.488 e. The third-order valence-corrected chi connectivity index (χ3v) is 4.17. The lowest BCUT2D eigenvalue weighted by molar-refractivity contribution is -0.139. The van der Waals surface area contributed by atoms with E-state index >= 15 is 0 Å². The maximum absolute atomic E-state index is 11.7. The number of carbonyl (C=O) groups excluding carboxylic acids is 2. The van der Waals surface area contributed by atoms with Gasteiger partial charge in [0, 0.05) is 12.1 Å². The van der Waals surface area contributed by atoms with Crippen molar-refractivity contribution in [2.24, 2.45) is 5.10 Å². The lowest BCUT2D eigenvalue weighted by atomic mass is 10.1. The van der Waals surface area contributed by atoms with Crippen LogP contribution in [-0.4, -0.2) is 24.6 Å². The van der Waals surface area contributed by atoms with Crippen molar-refractivity contribution >= 4 is 28.8 Å². The molecule has 29 heavy (non-hydrogen) atoms. The molecule has 6 heteroatoms. The van der Waals surface area contributed by atoms with Gasteiger partial charge < -0.3 is 10.1 Å². The van der Waals surface area contributed by atoms with Crippen LogP contribution in [0.5, 0.6) is 5.75 Å². The van der Waals surface area contributed by atoms with Gasteiger partial charge in [-0.15, -0.1) is 6.58 Å². The summed E-state index contributed by atoms with van der Waals surface area (Å²) in [7, 11) is 0. The second-order valence-electron chi connectivity index (χ2n) is 6.16. The van der Waals surface area contributed by atoms with Crippen LogP contribution in [0.4, 0.5) is 0 Å². The van der Waals surface area contributed by atoms with E-state index in [1.165, 1.54) is 12.3 Å². The summed E-state index contributed by atoms with van der Waals surface area (Å²) < 4.78 is 6.00. The molecule has 0 radical (unpaired) electrons. The van der Waals surface area contributed by atoms with Gasteiger partial charge in [0.15, 0.2) is 0 Å². The van der Waals surface area contributed by atoms with Gasteiger partial charge in [0.1, 0.15) is 12.4 Å². The number of benzene rings is 3. The SMILES string of the molecule is C=CCNC(=O)C(=O)N/N=C\c1ccccc1OCc1cccc2ccccc12. The molecule has 6 nitrogen and oxygen atoms in total.